The maximum atomic E-state index is 12.6. The second kappa shape index (κ2) is 7.20. The van der Waals surface area contributed by atoms with Gasteiger partial charge in [0.2, 0.25) is 0 Å². The quantitative estimate of drug-likeness (QED) is 0.806. The Morgan fingerprint density at radius 1 is 1.36 bits per heavy atom. The Balaban J connectivity index is 1.74. The molecule has 1 amide bonds. The highest BCUT2D eigenvalue weighted by atomic mass is 32.1. The number of fused-ring (bicyclic) bond motifs is 1. The molecule has 1 saturated heterocycles. The van der Waals surface area contributed by atoms with E-state index < -0.39 is 5.60 Å². The first kappa shape index (κ1) is 18.0. The third-order valence-corrected chi connectivity index (χ3v) is 5.28. The van der Waals surface area contributed by atoms with Crippen LogP contribution in [0.25, 0.3) is 10.1 Å². The van der Waals surface area contributed by atoms with Crippen molar-refractivity contribution in [3.05, 3.63) is 24.3 Å². The second-order valence-corrected chi connectivity index (χ2v) is 8.51. The van der Waals surface area contributed by atoms with Crippen LogP contribution in [-0.4, -0.2) is 47.1 Å². The van der Waals surface area contributed by atoms with Gasteiger partial charge in [-0.3, -0.25) is 0 Å². The van der Waals surface area contributed by atoms with E-state index >= 15 is 0 Å². The minimum Gasteiger partial charge on any atom is -0.444 e. The van der Waals surface area contributed by atoms with Gasteiger partial charge in [-0.2, -0.15) is 4.37 Å². The number of nitrogens with zero attached hydrogens (tertiary/aromatic N) is 3. The Morgan fingerprint density at radius 3 is 2.88 bits per heavy atom. The summed E-state index contributed by atoms with van der Waals surface area (Å²) in [7, 11) is 2.06. The number of likely N-dealkylation sites (tertiary alicyclic amines) is 1. The lowest BCUT2D eigenvalue weighted by Gasteiger charge is -2.38. The van der Waals surface area contributed by atoms with E-state index in [1.54, 1.807) is 0 Å². The number of carbonyl (C=O) groups is 1. The Hall–Kier alpha value is -1.82. The molecule has 5 nitrogen and oxygen atoms in total. The van der Waals surface area contributed by atoms with Crippen molar-refractivity contribution in [1.82, 2.24) is 9.27 Å². The third kappa shape index (κ3) is 4.24. The largest absolute Gasteiger partial charge is 0.444 e. The molecule has 1 atom stereocenters. The predicted octanol–water partition coefficient (Wildman–Crippen LogP) is 4.52. The first-order chi connectivity index (χ1) is 11.8. The summed E-state index contributed by atoms with van der Waals surface area (Å²) in [5.74, 6) is 0.996. The number of carbonyl (C=O) groups excluding carboxylic acids is 1. The molecule has 0 bridgehead atoms. The Labute approximate surface area is 153 Å². The Morgan fingerprint density at radius 2 is 2.12 bits per heavy atom. The van der Waals surface area contributed by atoms with Crippen molar-refractivity contribution in [3.8, 4) is 0 Å². The highest BCUT2D eigenvalue weighted by Gasteiger charge is 2.31. The third-order valence-electron chi connectivity index (χ3n) is 4.46. The van der Waals surface area contributed by atoms with Crippen LogP contribution in [0.15, 0.2) is 24.3 Å². The van der Waals surface area contributed by atoms with E-state index in [0.29, 0.717) is 0 Å². The van der Waals surface area contributed by atoms with Crippen molar-refractivity contribution in [2.24, 2.45) is 0 Å². The molecule has 0 aliphatic carbocycles. The van der Waals surface area contributed by atoms with Gasteiger partial charge in [0, 0.05) is 25.5 Å². The number of benzene rings is 1. The van der Waals surface area contributed by atoms with Gasteiger partial charge in [0.25, 0.3) is 0 Å². The van der Waals surface area contributed by atoms with Crippen LogP contribution >= 0.6 is 11.5 Å². The van der Waals surface area contributed by atoms with Crippen LogP contribution in [-0.2, 0) is 4.74 Å². The fourth-order valence-electron chi connectivity index (χ4n) is 3.30. The van der Waals surface area contributed by atoms with Crippen LogP contribution in [0.3, 0.4) is 0 Å². The fourth-order valence-corrected chi connectivity index (χ4v) is 4.12. The number of piperidine rings is 1. The number of amides is 1. The van der Waals surface area contributed by atoms with Gasteiger partial charge in [-0.25, -0.2) is 4.79 Å². The normalized spacial score (nSPS) is 18.4. The molecule has 2 aromatic rings. The van der Waals surface area contributed by atoms with Crippen molar-refractivity contribution in [2.75, 3.05) is 25.0 Å². The molecule has 136 valence electrons. The van der Waals surface area contributed by atoms with Gasteiger partial charge in [-0.15, -0.1) is 0 Å². The van der Waals surface area contributed by atoms with Crippen LogP contribution in [0.2, 0.25) is 0 Å². The SMILES string of the molecule is CN(C[C@@H]1CCCCN1C(=O)OC(C)(C)C)c1nsc2ccccc12. The summed E-state index contributed by atoms with van der Waals surface area (Å²) in [4.78, 5) is 16.7. The summed E-state index contributed by atoms with van der Waals surface area (Å²) in [5.41, 5.74) is -0.462. The molecule has 0 radical (unpaired) electrons. The van der Waals surface area contributed by atoms with E-state index in [1.165, 1.54) is 21.6 Å². The van der Waals surface area contributed by atoms with Crippen molar-refractivity contribution in [2.45, 2.75) is 51.7 Å². The zero-order chi connectivity index (χ0) is 18.0. The number of likely N-dealkylation sites (N-methyl/N-ethyl adjacent to an activating group) is 1. The zero-order valence-electron chi connectivity index (χ0n) is 15.5. The van der Waals surface area contributed by atoms with E-state index in [1.807, 2.05) is 37.8 Å². The number of hydrogen-bond acceptors (Lipinski definition) is 5. The van der Waals surface area contributed by atoms with Crippen molar-refractivity contribution >= 4 is 33.5 Å². The van der Waals surface area contributed by atoms with Crippen molar-refractivity contribution in [1.29, 1.82) is 0 Å². The summed E-state index contributed by atoms with van der Waals surface area (Å²) < 4.78 is 11.4. The fraction of sp³-hybridized carbons (Fsp3) is 0.579. The number of anilines is 1. The monoisotopic (exact) mass is 361 g/mol. The van der Waals surface area contributed by atoms with Crippen LogP contribution in [0.4, 0.5) is 10.6 Å². The lowest BCUT2D eigenvalue weighted by molar-refractivity contribution is 0.0108. The van der Waals surface area contributed by atoms with E-state index in [4.69, 9.17) is 4.74 Å². The molecule has 0 spiro atoms. The summed E-state index contributed by atoms with van der Waals surface area (Å²) in [6.07, 6.45) is 2.99. The van der Waals surface area contributed by atoms with Crippen molar-refractivity contribution < 1.29 is 9.53 Å². The molecule has 0 saturated carbocycles. The number of ether oxygens (including phenoxy) is 1. The molecule has 3 rings (SSSR count). The number of rotatable bonds is 3. The minimum absolute atomic E-state index is 0.161. The van der Waals surface area contributed by atoms with Gasteiger partial charge in [0.15, 0.2) is 0 Å². The Kier molecular flexibility index (Phi) is 5.18. The summed E-state index contributed by atoms with van der Waals surface area (Å²) >= 11 is 1.52. The summed E-state index contributed by atoms with van der Waals surface area (Å²) in [6, 6.07) is 8.45. The molecule has 25 heavy (non-hydrogen) atoms. The van der Waals surface area contributed by atoms with Crippen LogP contribution in [0, 0.1) is 0 Å². The van der Waals surface area contributed by atoms with Gasteiger partial charge in [0.1, 0.15) is 11.4 Å². The average molecular weight is 362 g/mol. The van der Waals surface area contributed by atoms with Gasteiger partial charge in [0.05, 0.1) is 10.7 Å². The lowest BCUT2D eigenvalue weighted by Crippen LogP contribution is -2.50. The van der Waals surface area contributed by atoms with Gasteiger partial charge >= 0.3 is 6.09 Å². The topological polar surface area (TPSA) is 45.7 Å². The molecule has 0 unspecified atom stereocenters. The second-order valence-electron chi connectivity index (χ2n) is 7.71. The number of hydrogen-bond donors (Lipinski definition) is 0. The average Bonchev–Trinajstić information content (AvgIpc) is 2.98. The van der Waals surface area contributed by atoms with Crippen molar-refractivity contribution in [3.63, 3.8) is 0 Å². The van der Waals surface area contributed by atoms with E-state index in [-0.39, 0.29) is 12.1 Å². The van der Waals surface area contributed by atoms with Crippen LogP contribution in [0.1, 0.15) is 40.0 Å². The molecule has 1 aromatic carbocycles. The molecule has 1 aliphatic heterocycles. The minimum atomic E-state index is -0.462. The molecular formula is C19H27N3O2S. The highest BCUT2D eigenvalue weighted by molar-refractivity contribution is 7.13. The molecule has 0 N–H and O–H groups in total. The molecule has 1 fully saturated rings. The van der Waals surface area contributed by atoms with Gasteiger partial charge in [-0.05, 0) is 63.7 Å². The van der Waals surface area contributed by atoms with Crippen LogP contribution < -0.4 is 4.90 Å². The Bertz CT molecular complexity index is 738. The summed E-state index contributed by atoms with van der Waals surface area (Å²) in [6.45, 7) is 7.28. The molecule has 1 aromatic heterocycles. The molecule has 2 heterocycles. The smallest absolute Gasteiger partial charge is 0.410 e. The zero-order valence-corrected chi connectivity index (χ0v) is 16.3. The first-order valence-electron chi connectivity index (χ1n) is 8.90. The van der Waals surface area contributed by atoms with Gasteiger partial charge < -0.3 is 14.5 Å². The molecule has 6 heteroatoms. The maximum absolute atomic E-state index is 12.6. The number of aromatic nitrogens is 1. The lowest BCUT2D eigenvalue weighted by atomic mass is 10.0. The molecule has 1 aliphatic rings. The molecular weight excluding hydrogens is 334 g/mol. The van der Waals surface area contributed by atoms with E-state index in [0.717, 1.165) is 38.2 Å². The maximum Gasteiger partial charge on any atom is 0.410 e. The van der Waals surface area contributed by atoms with E-state index in [9.17, 15) is 4.79 Å². The van der Waals surface area contributed by atoms with E-state index in [2.05, 4.69) is 28.5 Å². The van der Waals surface area contributed by atoms with Crippen LogP contribution in [0.5, 0.6) is 0 Å². The standard InChI is InChI=1S/C19H27N3O2S/c1-19(2,3)24-18(23)22-12-8-7-9-14(22)13-21(4)17-15-10-5-6-11-16(15)25-20-17/h5-6,10-11,14H,7-9,12-13H2,1-4H3/t14-/m0/s1. The summed E-state index contributed by atoms with van der Waals surface area (Å²) in [5, 5.41) is 1.18. The highest BCUT2D eigenvalue weighted by Crippen LogP contribution is 2.30. The van der Waals surface area contributed by atoms with Gasteiger partial charge in [-0.1, -0.05) is 12.1 Å². The first-order valence-corrected chi connectivity index (χ1v) is 9.68. The predicted molar refractivity (Wildman–Crippen MR) is 103 cm³/mol.